The summed E-state index contributed by atoms with van der Waals surface area (Å²) in [6, 6.07) is 16.6. The van der Waals surface area contributed by atoms with Crippen molar-refractivity contribution in [3.05, 3.63) is 71.4 Å². The van der Waals surface area contributed by atoms with Crippen LogP contribution in [0.5, 0.6) is 0 Å². The minimum atomic E-state index is -0.0149. The lowest BCUT2D eigenvalue weighted by molar-refractivity contribution is 0.0787. The van der Waals surface area contributed by atoms with Gasteiger partial charge in [0.05, 0.1) is 12.2 Å². The summed E-state index contributed by atoms with van der Waals surface area (Å²) in [5.74, 6) is 0.798. The van der Waals surface area contributed by atoms with Gasteiger partial charge in [-0.25, -0.2) is 4.68 Å². The predicted molar refractivity (Wildman–Crippen MR) is 110 cm³/mol. The van der Waals surface area contributed by atoms with Crippen molar-refractivity contribution in [2.75, 3.05) is 13.1 Å². The highest BCUT2D eigenvalue weighted by Crippen LogP contribution is 2.25. The van der Waals surface area contributed by atoms with Crippen LogP contribution in [-0.2, 0) is 0 Å². The van der Waals surface area contributed by atoms with E-state index in [1.165, 1.54) is 0 Å². The fraction of sp³-hybridized carbons (Fsp3) is 0.190. The Morgan fingerprint density at radius 2 is 1.90 bits per heavy atom. The van der Waals surface area contributed by atoms with Gasteiger partial charge in [-0.15, -0.1) is 5.10 Å². The number of benzene rings is 2. The monoisotopic (exact) mass is 420 g/mol. The SMILES string of the molecule is O=C(c1ccc(Cl)cc1)N1CC[C@@H](n2cc(-c3nc(-c4ccccc4)no3)nn2)C1. The molecule has 1 aliphatic rings. The Hall–Kier alpha value is -3.52. The van der Waals surface area contributed by atoms with E-state index in [9.17, 15) is 4.79 Å². The van der Waals surface area contributed by atoms with Gasteiger partial charge >= 0.3 is 0 Å². The summed E-state index contributed by atoms with van der Waals surface area (Å²) in [6.07, 6.45) is 2.57. The fourth-order valence-electron chi connectivity index (χ4n) is 3.50. The first-order valence-corrected chi connectivity index (χ1v) is 9.91. The second-order valence-electron chi connectivity index (χ2n) is 7.07. The fourth-order valence-corrected chi connectivity index (χ4v) is 3.63. The van der Waals surface area contributed by atoms with Crippen molar-refractivity contribution in [1.82, 2.24) is 30.0 Å². The van der Waals surface area contributed by atoms with Gasteiger partial charge in [0.2, 0.25) is 5.82 Å². The van der Waals surface area contributed by atoms with Gasteiger partial charge in [0, 0.05) is 29.2 Å². The molecule has 2 aromatic heterocycles. The van der Waals surface area contributed by atoms with Crippen molar-refractivity contribution < 1.29 is 9.32 Å². The van der Waals surface area contributed by atoms with Crippen LogP contribution >= 0.6 is 11.6 Å². The molecule has 3 heterocycles. The second-order valence-corrected chi connectivity index (χ2v) is 7.51. The van der Waals surface area contributed by atoms with Gasteiger partial charge in [0.25, 0.3) is 11.8 Å². The average Bonchev–Trinajstić information content (AvgIpc) is 3.54. The number of hydrogen-bond donors (Lipinski definition) is 0. The van der Waals surface area contributed by atoms with Gasteiger partial charge in [-0.1, -0.05) is 52.3 Å². The normalized spacial score (nSPS) is 16.2. The molecule has 4 aromatic rings. The molecule has 1 amide bonds. The minimum Gasteiger partial charge on any atom is -0.336 e. The quantitative estimate of drug-likeness (QED) is 0.499. The third-order valence-corrected chi connectivity index (χ3v) is 5.36. The lowest BCUT2D eigenvalue weighted by atomic mass is 10.2. The molecule has 0 saturated carbocycles. The molecule has 0 spiro atoms. The molecule has 2 aromatic carbocycles. The third-order valence-electron chi connectivity index (χ3n) is 5.10. The molecule has 1 atom stereocenters. The summed E-state index contributed by atoms with van der Waals surface area (Å²) in [5.41, 5.74) is 2.00. The molecule has 1 fully saturated rings. The van der Waals surface area contributed by atoms with E-state index in [1.807, 2.05) is 35.2 Å². The number of carbonyl (C=O) groups is 1. The average molecular weight is 421 g/mol. The molecule has 0 bridgehead atoms. The first-order chi connectivity index (χ1) is 14.7. The van der Waals surface area contributed by atoms with E-state index in [4.69, 9.17) is 16.1 Å². The molecule has 1 saturated heterocycles. The zero-order valence-corrected chi connectivity index (χ0v) is 16.6. The summed E-state index contributed by atoms with van der Waals surface area (Å²) in [7, 11) is 0. The van der Waals surface area contributed by atoms with Crippen LogP contribution in [0.2, 0.25) is 5.02 Å². The Morgan fingerprint density at radius 3 is 2.70 bits per heavy atom. The minimum absolute atomic E-state index is 0.0149. The maximum absolute atomic E-state index is 12.7. The van der Waals surface area contributed by atoms with E-state index >= 15 is 0 Å². The molecular formula is C21H17ClN6O2. The van der Waals surface area contributed by atoms with Crippen LogP contribution in [0.4, 0.5) is 0 Å². The van der Waals surface area contributed by atoms with Crippen LogP contribution in [-0.4, -0.2) is 49.0 Å². The highest BCUT2D eigenvalue weighted by atomic mass is 35.5. The summed E-state index contributed by atoms with van der Waals surface area (Å²) < 4.78 is 7.12. The van der Waals surface area contributed by atoms with Crippen molar-refractivity contribution in [3.63, 3.8) is 0 Å². The lowest BCUT2D eigenvalue weighted by Crippen LogP contribution is -2.29. The summed E-state index contributed by atoms with van der Waals surface area (Å²) >= 11 is 5.91. The molecular weight excluding hydrogens is 404 g/mol. The van der Waals surface area contributed by atoms with Crippen LogP contribution in [0.25, 0.3) is 23.0 Å². The Kier molecular flexibility index (Phi) is 4.76. The number of halogens is 1. The van der Waals surface area contributed by atoms with Gasteiger partial charge in [-0.05, 0) is 30.7 Å². The molecule has 0 unspecified atom stereocenters. The number of aromatic nitrogens is 5. The number of nitrogens with zero attached hydrogens (tertiary/aromatic N) is 6. The topological polar surface area (TPSA) is 89.9 Å². The third kappa shape index (κ3) is 3.57. The van der Waals surface area contributed by atoms with Crippen LogP contribution in [0.15, 0.2) is 65.3 Å². The molecule has 5 rings (SSSR count). The molecule has 0 N–H and O–H groups in total. The van der Waals surface area contributed by atoms with E-state index in [2.05, 4.69) is 20.5 Å². The van der Waals surface area contributed by atoms with Gasteiger partial charge in [-0.2, -0.15) is 4.98 Å². The van der Waals surface area contributed by atoms with Crippen molar-refractivity contribution >= 4 is 17.5 Å². The smallest absolute Gasteiger partial charge is 0.280 e. The summed E-state index contributed by atoms with van der Waals surface area (Å²) in [5, 5.41) is 13.0. The Bertz CT molecular complexity index is 1170. The van der Waals surface area contributed by atoms with Crippen LogP contribution < -0.4 is 0 Å². The van der Waals surface area contributed by atoms with Crippen LogP contribution in [0.1, 0.15) is 22.8 Å². The highest BCUT2D eigenvalue weighted by Gasteiger charge is 2.29. The maximum Gasteiger partial charge on any atom is 0.280 e. The molecule has 1 aliphatic heterocycles. The maximum atomic E-state index is 12.7. The van der Waals surface area contributed by atoms with E-state index in [0.29, 0.717) is 41.1 Å². The Morgan fingerprint density at radius 1 is 1.10 bits per heavy atom. The van der Waals surface area contributed by atoms with Crippen LogP contribution in [0, 0.1) is 0 Å². The van der Waals surface area contributed by atoms with Crippen molar-refractivity contribution in [3.8, 4) is 23.0 Å². The molecule has 150 valence electrons. The standard InChI is InChI=1S/C21H17ClN6O2/c22-16-8-6-15(7-9-16)21(29)27-11-10-17(12-27)28-13-18(24-26-28)20-23-19(25-30-20)14-4-2-1-3-5-14/h1-9,13,17H,10-12H2/t17-/m1/s1. The first-order valence-electron chi connectivity index (χ1n) is 9.53. The number of carbonyl (C=O) groups excluding carboxylic acids is 1. The van der Waals surface area contributed by atoms with Gasteiger partial charge in [0.15, 0.2) is 5.69 Å². The zero-order valence-electron chi connectivity index (χ0n) is 15.8. The number of rotatable bonds is 4. The number of hydrogen-bond acceptors (Lipinski definition) is 6. The summed E-state index contributed by atoms with van der Waals surface area (Å²) in [6.45, 7) is 1.21. The molecule has 30 heavy (non-hydrogen) atoms. The number of likely N-dealkylation sites (tertiary alicyclic amines) is 1. The molecule has 8 nitrogen and oxygen atoms in total. The first kappa shape index (κ1) is 18.5. The summed E-state index contributed by atoms with van der Waals surface area (Å²) in [4.78, 5) is 18.9. The van der Waals surface area contributed by atoms with E-state index in [1.54, 1.807) is 35.1 Å². The lowest BCUT2D eigenvalue weighted by Gasteiger charge is -2.16. The van der Waals surface area contributed by atoms with Crippen LogP contribution in [0.3, 0.4) is 0 Å². The van der Waals surface area contributed by atoms with Gasteiger partial charge < -0.3 is 9.42 Å². The van der Waals surface area contributed by atoms with Crippen molar-refractivity contribution in [2.45, 2.75) is 12.5 Å². The van der Waals surface area contributed by atoms with Crippen molar-refractivity contribution in [1.29, 1.82) is 0 Å². The Labute approximate surface area is 177 Å². The van der Waals surface area contributed by atoms with E-state index in [-0.39, 0.29) is 11.9 Å². The van der Waals surface area contributed by atoms with E-state index in [0.717, 1.165) is 12.0 Å². The Balaban J connectivity index is 1.29. The molecule has 9 heteroatoms. The highest BCUT2D eigenvalue weighted by molar-refractivity contribution is 6.30. The number of amides is 1. The predicted octanol–water partition coefficient (Wildman–Crippen LogP) is 3.74. The van der Waals surface area contributed by atoms with Crippen molar-refractivity contribution in [2.24, 2.45) is 0 Å². The second kappa shape index (κ2) is 7.72. The largest absolute Gasteiger partial charge is 0.336 e. The van der Waals surface area contributed by atoms with Gasteiger partial charge in [-0.3, -0.25) is 4.79 Å². The van der Waals surface area contributed by atoms with Gasteiger partial charge in [0.1, 0.15) is 0 Å². The zero-order chi connectivity index (χ0) is 20.5. The molecule has 0 aliphatic carbocycles. The molecule has 0 radical (unpaired) electrons. The van der Waals surface area contributed by atoms with E-state index < -0.39 is 0 Å².